The summed E-state index contributed by atoms with van der Waals surface area (Å²) >= 11 is 6.09. The first-order valence-electron chi connectivity index (χ1n) is 6.79. The van der Waals surface area contributed by atoms with E-state index in [2.05, 4.69) is 34.9 Å². The summed E-state index contributed by atoms with van der Waals surface area (Å²) in [6, 6.07) is 6.11. The van der Waals surface area contributed by atoms with Gasteiger partial charge in [-0.05, 0) is 24.6 Å². The Bertz CT molecular complexity index is 437. The molecule has 0 amide bonds. The summed E-state index contributed by atoms with van der Waals surface area (Å²) in [5, 5.41) is 0.814. The van der Waals surface area contributed by atoms with Crippen LogP contribution >= 0.6 is 11.6 Å². The predicted molar refractivity (Wildman–Crippen MR) is 83.0 cm³/mol. The minimum absolute atomic E-state index is 0.627. The van der Waals surface area contributed by atoms with Crippen LogP contribution in [0.2, 0.25) is 5.02 Å². The molecule has 3 nitrogen and oxygen atoms in total. The predicted octanol–water partition coefficient (Wildman–Crippen LogP) is 2.29. The number of piperazine rings is 1. The molecule has 1 fully saturated rings. The normalized spacial score (nSPS) is 17.3. The van der Waals surface area contributed by atoms with Gasteiger partial charge in [0, 0.05) is 50.0 Å². The van der Waals surface area contributed by atoms with E-state index in [4.69, 9.17) is 17.3 Å². The third kappa shape index (κ3) is 3.96. The Morgan fingerprint density at radius 1 is 1.21 bits per heavy atom. The van der Waals surface area contributed by atoms with Gasteiger partial charge < -0.3 is 10.6 Å². The first-order chi connectivity index (χ1) is 9.20. The molecule has 2 N–H and O–H groups in total. The van der Waals surface area contributed by atoms with E-state index in [0.29, 0.717) is 6.54 Å². The van der Waals surface area contributed by atoms with Crippen LogP contribution in [0.5, 0.6) is 0 Å². The first kappa shape index (κ1) is 14.4. The monoisotopic (exact) mass is 279 g/mol. The molecule has 2 rings (SSSR count). The summed E-state index contributed by atoms with van der Waals surface area (Å²) in [6.07, 6.45) is 4.17. The molecular formula is C15H22ClN3. The molecule has 1 heterocycles. The topological polar surface area (TPSA) is 32.5 Å². The average Bonchev–Trinajstić information content (AvgIpc) is 2.43. The van der Waals surface area contributed by atoms with Gasteiger partial charge in [-0.25, -0.2) is 0 Å². The van der Waals surface area contributed by atoms with Gasteiger partial charge in [0.05, 0.1) is 0 Å². The molecule has 19 heavy (non-hydrogen) atoms. The maximum Gasteiger partial charge on any atom is 0.0426 e. The number of anilines is 1. The number of nitrogens with two attached hydrogens (primary N) is 1. The van der Waals surface area contributed by atoms with Gasteiger partial charge in [0.25, 0.3) is 0 Å². The molecule has 1 aromatic rings. The van der Waals surface area contributed by atoms with Gasteiger partial charge in [0.15, 0.2) is 0 Å². The van der Waals surface area contributed by atoms with E-state index >= 15 is 0 Å². The number of nitrogens with zero attached hydrogens (tertiary/aromatic N) is 2. The molecule has 0 aromatic heterocycles. The van der Waals surface area contributed by atoms with E-state index in [1.807, 2.05) is 12.1 Å². The number of benzene rings is 1. The maximum absolute atomic E-state index is 6.09. The van der Waals surface area contributed by atoms with Crippen molar-refractivity contribution in [2.24, 2.45) is 5.73 Å². The van der Waals surface area contributed by atoms with Crippen molar-refractivity contribution >= 4 is 17.3 Å². The molecule has 0 aliphatic carbocycles. The summed E-state index contributed by atoms with van der Waals surface area (Å²) in [6.45, 7) is 8.04. The van der Waals surface area contributed by atoms with E-state index in [9.17, 15) is 0 Å². The molecule has 1 saturated heterocycles. The van der Waals surface area contributed by atoms with Crippen molar-refractivity contribution in [1.29, 1.82) is 0 Å². The fourth-order valence-corrected chi connectivity index (χ4v) is 2.58. The van der Waals surface area contributed by atoms with E-state index in [1.165, 1.54) is 11.3 Å². The highest BCUT2D eigenvalue weighted by Gasteiger charge is 2.17. The molecule has 0 saturated carbocycles. The van der Waals surface area contributed by atoms with Crippen molar-refractivity contribution in [3.8, 4) is 0 Å². The van der Waals surface area contributed by atoms with Gasteiger partial charge in [-0.3, -0.25) is 4.90 Å². The molecule has 0 spiro atoms. The van der Waals surface area contributed by atoms with Crippen molar-refractivity contribution in [2.45, 2.75) is 6.92 Å². The van der Waals surface area contributed by atoms with Gasteiger partial charge in [-0.1, -0.05) is 29.8 Å². The van der Waals surface area contributed by atoms with Crippen molar-refractivity contribution in [2.75, 3.05) is 44.2 Å². The second kappa shape index (κ2) is 6.94. The van der Waals surface area contributed by atoms with Crippen LogP contribution in [0.25, 0.3) is 0 Å². The van der Waals surface area contributed by atoms with Crippen molar-refractivity contribution < 1.29 is 0 Å². The maximum atomic E-state index is 6.09. The fraction of sp³-hybridized carbons (Fsp3) is 0.467. The van der Waals surface area contributed by atoms with Crippen LogP contribution in [-0.4, -0.2) is 44.2 Å². The Labute approximate surface area is 120 Å². The summed E-state index contributed by atoms with van der Waals surface area (Å²) in [4.78, 5) is 4.87. The van der Waals surface area contributed by atoms with E-state index < -0.39 is 0 Å². The fourth-order valence-electron chi connectivity index (χ4n) is 2.41. The number of aryl methyl sites for hydroxylation is 1. The Kier molecular flexibility index (Phi) is 5.25. The quantitative estimate of drug-likeness (QED) is 0.859. The highest BCUT2D eigenvalue weighted by Crippen LogP contribution is 2.25. The third-order valence-electron chi connectivity index (χ3n) is 3.55. The number of hydrogen-bond acceptors (Lipinski definition) is 3. The lowest BCUT2D eigenvalue weighted by Gasteiger charge is -2.36. The summed E-state index contributed by atoms with van der Waals surface area (Å²) in [7, 11) is 0. The lowest BCUT2D eigenvalue weighted by Crippen LogP contribution is -2.46. The minimum atomic E-state index is 0.627. The Hall–Kier alpha value is -1.03. The Morgan fingerprint density at radius 2 is 1.95 bits per heavy atom. The average molecular weight is 280 g/mol. The molecule has 1 aliphatic rings. The highest BCUT2D eigenvalue weighted by atomic mass is 35.5. The van der Waals surface area contributed by atoms with Crippen molar-refractivity contribution in [3.05, 3.63) is 40.9 Å². The molecule has 0 atom stereocenters. The lowest BCUT2D eigenvalue weighted by molar-refractivity contribution is 0.284. The van der Waals surface area contributed by atoms with Crippen molar-refractivity contribution in [3.63, 3.8) is 0 Å². The highest BCUT2D eigenvalue weighted by molar-refractivity contribution is 6.30. The van der Waals surface area contributed by atoms with Gasteiger partial charge in [-0.15, -0.1) is 0 Å². The molecule has 1 aromatic carbocycles. The Morgan fingerprint density at radius 3 is 2.63 bits per heavy atom. The largest absolute Gasteiger partial charge is 0.369 e. The molecule has 1 aliphatic heterocycles. The van der Waals surface area contributed by atoms with Crippen LogP contribution in [0.3, 0.4) is 0 Å². The summed E-state index contributed by atoms with van der Waals surface area (Å²) in [5.74, 6) is 0. The summed E-state index contributed by atoms with van der Waals surface area (Å²) in [5.41, 5.74) is 8.01. The second-order valence-corrected chi connectivity index (χ2v) is 5.36. The number of rotatable bonds is 4. The molecule has 4 heteroatoms. The van der Waals surface area contributed by atoms with E-state index in [-0.39, 0.29) is 0 Å². The number of hydrogen-bond donors (Lipinski definition) is 1. The smallest absolute Gasteiger partial charge is 0.0426 e. The molecular weight excluding hydrogens is 258 g/mol. The van der Waals surface area contributed by atoms with Crippen LogP contribution in [0, 0.1) is 6.92 Å². The van der Waals surface area contributed by atoms with Crippen LogP contribution in [0.1, 0.15) is 5.56 Å². The van der Waals surface area contributed by atoms with E-state index in [0.717, 1.165) is 37.7 Å². The van der Waals surface area contributed by atoms with Crippen LogP contribution < -0.4 is 10.6 Å². The molecule has 0 radical (unpaired) electrons. The van der Waals surface area contributed by atoms with Gasteiger partial charge in [0.2, 0.25) is 0 Å². The minimum Gasteiger partial charge on any atom is -0.369 e. The zero-order chi connectivity index (χ0) is 13.7. The molecule has 0 unspecified atom stereocenters. The summed E-state index contributed by atoms with van der Waals surface area (Å²) < 4.78 is 0. The van der Waals surface area contributed by atoms with Crippen LogP contribution in [0.4, 0.5) is 5.69 Å². The van der Waals surface area contributed by atoms with Gasteiger partial charge >= 0.3 is 0 Å². The van der Waals surface area contributed by atoms with E-state index in [1.54, 1.807) is 0 Å². The Balaban J connectivity index is 1.92. The van der Waals surface area contributed by atoms with Gasteiger partial charge in [0.1, 0.15) is 0 Å². The third-order valence-corrected chi connectivity index (χ3v) is 3.79. The van der Waals surface area contributed by atoms with Crippen LogP contribution in [0.15, 0.2) is 30.4 Å². The first-order valence-corrected chi connectivity index (χ1v) is 7.17. The standard InChI is InChI=1S/C15H22ClN3/c1-13-4-5-14(16)12-15(13)19-10-8-18(9-11-19)7-3-2-6-17/h2-5,12H,6-11,17H2,1H3/b3-2+. The zero-order valence-corrected chi connectivity index (χ0v) is 12.2. The zero-order valence-electron chi connectivity index (χ0n) is 11.5. The molecule has 104 valence electrons. The van der Waals surface area contributed by atoms with Crippen molar-refractivity contribution in [1.82, 2.24) is 4.90 Å². The van der Waals surface area contributed by atoms with Crippen LogP contribution in [-0.2, 0) is 0 Å². The van der Waals surface area contributed by atoms with Gasteiger partial charge in [-0.2, -0.15) is 0 Å². The lowest BCUT2D eigenvalue weighted by atomic mass is 10.1. The molecule has 0 bridgehead atoms. The number of halogens is 1. The SMILES string of the molecule is Cc1ccc(Cl)cc1N1CCN(C/C=C/CN)CC1. The second-order valence-electron chi connectivity index (χ2n) is 4.93.